The molecule has 5 N–H and O–H groups in total. The van der Waals surface area contributed by atoms with E-state index in [2.05, 4.69) is 5.16 Å². The third-order valence-electron chi connectivity index (χ3n) is 1.66. The van der Waals surface area contributed by atoms with Crippen molar-refractivity contribution >= 4 is 5.96 Å². The molecule has 1 aromatic carbocycles. The summed E-state index contributed by atoms with van der Waals surface area (Å²) in [5.74, 6) is 0.889. The first-order chi connectivity index (χ1) is 7.22. The van der Waals surface area contributed by atoms with Gasteiger partial charge < -0.3 is 9.57 Å². The highest BCUT2D eigenvalue weighted by molar-refractivity contribution is 5.68. The van der Waals surface area contributed by atoms with Gasteiger partial charge in [-0.25, -0.2) is 0 Å². The molecule has 0 aromatic heterocycles. The molecule has 1 rings (SSSR count). The third kappa shape index (κ3) is 4.21. The van der Waals surface area contributed by atoms with E-state index in [1.807, 2.05) is 31.2 Å². The van der Waals surface area contributed by atoms with E-state index in [9.17, 15) is 0 Å². The topological polar surface area (TPSA) is 84.5 Å². The van der Waals surface area contributed by atoms with Crippen molar-refractivity contribution in [1.29, 1.82) is 0 Å². The van der Waals surface area contributed by atoms with Crippen molar-refractivity contribution in [2.45, 2.75) is 13.5 Å². The zero-order valence-corrected chi connectivity index (χ0v) is 8.69. The number of ether oxygens (including phenoxy) is 1. The maximum Gasteiger partial charge on any atom is 0.375 e. The van der Waals surface area contributed by atoms with Crippen LogP contribution >= 0.6 is 0 Å². The van der Waals surface area contributed by atoms with Gasteiger partial charge in [-0.3, -0.25) is 11.5 Å². The number of guanidine groups is 1. The summed E-state index contributed by atoms with van der Waals surface area (Å²) in [6.45, 7) is 3.00. The largest absolute Gasteiger partial charge is 0.494 e. The van der Waals surface area contributed by atoms with Gasteiger partial charge in [-0.05, 0) is 24.6 Å². The van der Waals surface area contributed by atoms with Gasteiger partial charge in [-0.15, -0.1) is 5.16 Å². The quantitative estimate of drug-likeness (QED) is 0.326. The minimum atomic E-state index is 0.0425. The van der Waals surface area contributed by atoms with E-state index in [1.165, 1.54) is 0 Å². The lowest BCUT2D eigenvalue weighted by Crippen LogP contribution is -2.76. The van der Waals surface area contributed by atoms with E-state index in [0.717, 1.165) is 11.3 Å². The van der Waals surface area contributed by atoms with Crippen LogP contribution in [0.25, 0.3) is 0 Å². The maximum absolute atomic E-state index is 5.30. The maximum atomic E-state index is 5.30. The molecule has 0 amide bonds. The number of nitrogens with one attached hydrogen (secondary N) is 1. The predicted octanol–water partition coefficient (Wildman–Crippen LogP) is -1.13. The Hall–Kier alpha value is -1.91. The summed E-state index contributed by atoms with van der Waals surface area (Å²) >= 11 is 0. The van der Waals surface area contributed by atoms with E-state index in [-0.39, 0.29) is 5.96 Å². The Balaban J connectivity index is 2.46. The molecule has 0 atom stereocenters. The van der Waals surface area contributed by atoms with Crippen LogP contribution in [0.4, 0.5) is 0 Å². The Morgan fingerprint density at radius 2 is 1.93 bits per heavy atom. The molecule has 0 aliphatic rings. The molecule has 0 saturated heterocycles. The lowest BCUT2D eigenvalue weighted by Gasteiger charge is -2.03. The highest BCUT2D eigenvalue weighted by atomic mass is 16.6. The minimum Gasteiger partial charge on any atom is -0.494 e. The fourth-order valence-electron chi connectivity index (χ4n) is 1.05. The summed E-state index contributed by atoms with van der Waals surface area (Å²) in [6.07, 6.45) is 0. The van der Waals surface area contributed by atoms with Gasteiger partial charge in [0.05, 0.1) is 6.61 Å². The summed E-state index contributed by atoms with van der Waals surface area (Å²) in [6, 6.07) is 7.61. The Labute approximate surface area is 88.6 Å². The molecule has 0 heterocycles. The smallest absolute Gasteiger partial charge is 0.375 e. The Kier molecular flexibility index (Phi) is 4.28. The first-order valence-electron chi connectivity index (χ1n) is 4.69. The normalized spacial score (nSPS) is 9.40. The van der Waals surface area contributed by atoms with Crippen molar-refractivity contribution in [2.75, 3.05) is 6.61 Å². The molecular weight excluding hydrogens is 194 g/mol. The highest BCUT2D eigenvalue weighted by Gasteiger charge is 1.95. The van der Waals surface area contributed by atoms with Gasteiger partial charge in [0.25, 0.3) is 0 Å². The van der Waals surface area contributed by atoms with E-state index >= 15 is 0 Å². The van der Waals surface area contributed by atoms with Crippen LogP contribution in [0.5, 0.6) is 5.75 Å². The number of hydrogen-bond acceptors (Lipinski definition) is 2. The molecule has 5 heteroatoms. The zero-order valence-electron chi connectivity index (χ0n) is 8.69. The fourth-order valence-corrected chi connectivity index (χ4v) is 1.05. The standard InChI is InChI=1S/C10H15N3O2/c1-2-14-9-5-3-8(4-6-9)7-15-13-10(11)12/h3-6H,2,7H2,1H3,(H4,11,12,13)/p+1. The molecule has 0 spiro atoms. The van der Waals surface area contributed by atoms with Crippen molar-refractivity contribution in [2.24, 2.45) is 11.5 Å². The number of benzene rings is 1. The molecule has 1 aromatic rings. The van der Waals surface area contributed by atoms with E-state index in [4.69, 9.17) is 21.0 Å². The van der Waals surface area contributed by atoms with Crippen molar-refractivity contribution < 1.29 is 14.7 Å². The molecule has 0 aliphatic carbocycles. The number of rotatable bonds is 5. The van der Waals surface area contributed by atoms with Crippen LogP contribution < -0.4 is 21.4 Å². The summed E-state index contributed by atoms with van der Waals surface area (Å²) < 4.78 is 5.30. The zero-order chi connectivity index (χ0) is 11.1. The van der Waals surface area contributed by atoms with Crippen molar-refractivity contribution in [1.82, 2.24) is 0 Å². The van der Waals surface area contributed by atoms with Crippen LogP contribution in [0.2, 0.25) is 0 Å². The van der Waals surface area contributed by atoms with Crippen molar-refractivity contribution in [3.63, 3.8) is 0 Å². The molecule has 0 fully saturated rings. The van der Waals surface area contributed by atoms with E-state index in [0.29, 0.717) is 13.2 Å². The Morgan fingerprint density at radius 3 is 2.47 bits per heavy atom. The van der Waals surface area contributed by atoms with Gasteiger partial charge in [-0.1, -0.05) is 12.1 Å². The highest BCUT2D eigenvalue weighted by Crippen LogP contribution is 2.11. The van der Waals surface area contributed by atoms with Crippen molar-refractivity contribution in [3.05, 3.63) is 29.8 Å². The van der Waals surface area contributed by atoms with Gasteiger partial charge in [0.2, 0.25) is 0 Å². The number of hydrogen-bond donors (Lipinski definition) is 3. The molecule has 5 nitrogen and oxygen atoms in total. The van der Waals surface area contributed by atoms with Crippen LogP contribution in [-0.2, 0) is 11.4 Å². The van der Waals surface area contributed by atoms with Gasteiger partial charge >= 0.3 is 5.96 Å². The SMILES string of the molecule is CCOc1ccc(CO[NH+]=C(N)N)cc1. The first-order valence-corrected chi connectivity index (χ1v) is 4.69. The van der Waals surface area contributed by atoms with Crippen LogP contribution in [0, 0.1) is 0 Å². The minimum absolute atomic E-state index is 0.0425. The second-order valence-electron chi connectivity index (χ2n) is 2.92. The Morgan fingerprint density at radius 1 is 1.27 bits per heavy atom. The average molecular weight is 210 g/mol. The molecule has 0 saturated carbocycles. The average Bonchev–Trinajstić information content (AvgIpc) is 2.20. The van der Waals surface area contributed by atoms with Crippen LogP contribution in [0.1, 0.15) is 12.5 Å². The molecule has 0 bridgehead atoms. The van der Waals surface area contributed by atoms with Gasteiger partial charge in [0.15, 0.2) is 6.61 Å². The van der Waals surface area contributed by atoms with E-state index in [1.54, 1.807) is 0 Å². The predicted molar refractivity (Wildman–Crippen MR) is 56.7 cm³/mol. The van der Waals surface area contributed by atoms with Crippen LogP contribution in [-0.4, -0.2) is 12.6 Å². The van der Waals surface area contributed by atoms with Crippen molar-refractivity contribution in [3.8, 4) is 5.75 Å². The summed E-state index contributed by atoms with van der Waals surface area (Å²) in [4.78, 5) is 5.00. The molecule has 0 radical (unpaired) electrons. The third-order valence-corrected chi connectivity index (χ3v) is 1.66. The summed E-state index contributed by atoms with van der Waals surface area (Å²) in [7, 11) is 0. The summed E-state index contributed by atoms with van der Waals surface area (Å²) in [5, 5.41) is 2.37. The monoisotopic (exact) mass is 210 g/mol. The van der Waals surface area contributed by atoms with Crippen LogP contribution in [0.3, 0.4) is 0 Å². The van der Waals surface area contributed by atoms with Gasteiger partial charge in [-0.2, -0.15) is 0 Å². The molecule has 0 aliphatic heterocycles. The van der Waals surface area contributed by atoms with Gasteiger partial charge in [0, 0.05) is 0 Å². The molecule has 0 unspecified atom stereocenters. The first kappa shape index (κ1) is 11.2. The molecular formula is C10H16N3O2+. The second kappa shape index (κ2) is 5.74. The van der Waals surface area contributed by atoms with Crippen LogP contribution in [0.15, 0.2) is 24.3 Å². The Bertz CT molecular complexity index is 318. The van der Waals surface area contributed by atoms with E-state index < -0.39 is 0 Å². The number of nitrogens with two attached hydrogens (primary N) is 2. The second-order valence-corrected chi connectivity index (χ2v) is 2.92. The molecule has 82 valence electrons. The fraction of sp³-hybridized carbons (Fsp3) is 0.300. The van der Waals surface area contributed by atoms with Gasteiger partial charge in [0.1, 0.15) is 5.75 Å². The summed E-state index contributed by atoms with van der Waals surface area (Å²) in [5.41, 5.74) is 11.3. The lowest BCUT2D eigenvalue weighted by atomic mass is 10.2. The lowest BCUT2D eigenvalue weighted by molar-refractivity contribution is -0.759. The molecule has 15 heavy (non-hydrogen) atoms.